The predicted molar refractivity (Wildman–Crippen MR) is 83.3 cm³/mol. The number of nitrogens with zero attached hydrogens (tertiary/aromatic N) is 1. The van der Waals surface area contributed by atoms with Crippen molar-refractivity contribution < 1.29 is 4.79 Å². The molecule has 0 aliphatic heterocycles. The minimum atomic E-state index is -0.516. The number of hydrogen-bond acceptors (Lipinski definition) is 2. The molecule has 14 heavy (non-hydrogen) atoms. The Kier molecular flexibility index (Phi) is 5.05. The van der Waals surface area contributed by atoms with Gasteiger partial charge in [0.15, 0.2) is 1.55 Å². The van der Waals surface area contributed by atoms with Gasteiger partial charge in [-0.05, 0) is 52.2 Å². The van der Waals surface area contributed by atoms with Crippen molar-refractivity contribution in [2.24, 2.45) is 0 Å². The Hall–Kier alpha value is 1.04. The molecule has 5 heteroatoms. The fraction of sp³-hybridized carbons (Fsp3) is 0.222. The quantitative estimate of drug-likeness (QED) is 0.197. The topological polar surface area (TPSA) is 20.3 Å². The Balaban J connectivity index is 2.97. The molecule has 0 aromatic heterocycles. The third kappa shape index (κ3) is 3.01. The molecule has 1 aromatic carbocycles. The summed E-state index contributed by atoms with van der Waals surface area (Å²) in [6, 6.07) is 9.35. The fourth-order valence-electron chi connectivity index (χ4n) is 0.903. The summed E-state index contributed by atoms with van der Waals surface area (Å²) >= 11 is 6.43. The second-order valence-electron chi connectivity index (χ2n) is 2.71. The maximum atomic E-state index is 12.0. The molecule has 0 atom stereocenters. The number of rotatable bonds is 3. The molecule has 0 radical (unpaired) electrons. The maximum Gasteiger partial charge on any atom is 0.203 e. The van der Waals surface area contributed by atoms with Crippen LogP contribution in [0, 0.1) is 0 Å². The molecule has 0 spiro atoms. The van der Waals surface area contributed by atoms with Crippen LogP contribution in [0.1, 0.15) is 10.4 Å². The number of carbonyl (C=O) groups is 1. The van der Waals surface area contributed by atoms with Crippen LogP contribution in [0.2, 0.25) is 0 Å². The molecule has 1 rings (SSSR count). The highest BCUT2D eigenvalue weighted by molar-refractivity contribution is 14.2. The number of Topliss-reactive ketones (excluding diaryl/α,β-unsaturated/α-hetero) is 1. The van der Waals surface area contributed by atoms with E-state index >= 15 is 0 Å². The first kappa shape index (κ1) is 13.1. The van der Waals surface area contributed by atoms with E-state index in [0.717, 1.165) is 5.56 Å². The van der Waals surface area contributed by atoms with Gasteiger partial charge >= 0.3 is 0 Å². The minimum Gasteiger partial charge on any atom is -0.290 e. The minimum absolute atomic E-state index is 0.121. The molecule has 0 saturated carbocycles. The lowest BCUT2D eigenvalue weighted by Crippen LogP contribution is -2.36. The summed E-state index contributed by atoms with van der Waals surface area (Å²) in [4.78, 5) is 12.0. The Morgan fingerprint density at radius 3 is 2.21 bits per heavy atom. The standard InChI is InChI=1S/C9H8I3NO/c1-13(12)9(10,11)8(14)7-5-3-2-4-6-7/h2-6H,1H3. The number of halogens is 3. The zero-order valence-electron chi connectivity index (χ0n) is 7.38. The van der Waals surface area contributed by atoms with Crippen LogP contribution < -0.4 is 0 Å². The SMILES string of the molecule is CN(I)C(I)(I)C(=O)c1ccccc1. The molecule has 0 aliphatic rings. The second kappa shape index (κ2) is 5.39. The normalized spacial score (nSPS) is 11.8. The smallest absolute Gasteiger partial charge is 0.203 e. The summed E-state index contributed by atoms with van der Waals surface area (Å²) in [6.45, 7) is 0. The molecule has 0 fully saturated rings. The predicted octanol–water partition coefficient (Wildman–Crippen LogP) is 3.67. The van der Waals surface area contributed by atoms with Crippen LogP contribution in [0.25, 0.3) is 0 Å². The molecule has 76 valence electrons. The molecule has 0 unspecified atom stereocenters. The molecule has 0 N–H and O–H groups in total. The van der Waals surface area contributed by atoms with Crippen molar-refractivity contribution in [1.82, 2.24) is 3.11 Å². The van der Waals surface area contributed by atoms with Crippen molar-refractivity contribution >= 4 is 73.8 Å². The van der Waals surface area contributed by atoms with Crippen LogP contribution in [-0.2, 0) is 0 Å². The monoisotopic (exact) mass is 527 g/mol. The summed E-state index contributed by atoms with van der Waals surface area (Å²) in [5, 5.41) is 0. The van der Waals surface area contributed by atoms with Crippen molar-refractivity contribution in [3.8, 4) is 0 Å². The van der Waals surface area contributed by atoms with Crippen LogP contribution in [0.15, 0.2) is 30.3 Å². The Bertz CT molecular complexity index is 324. The number of alkyl halides is 2. The first-order chi connectivity index (χ1) is 6.46. The van der Waals surface area contributed by atoms with Crippen molar-refractivity contribution in [1.29, 1.82) is 0 Å². The number of benzene rings is 1. The molecular formula is C9H8I3NO. The average Bonchev–Trinajstić information content (AvgIpc) is 2.17. The molecule has 2 nitrogen and oxygen atoms in total. The zero-order valence-corrected chi connectivity index (χ0v) is 13.8. The van der Waals surface area contributed by atoms with Crippen LogP contribution >= 0.6 is 68.0 Å². The number of ketones is 1. The van der Waals surface area contributed by atoms with E-state index < -0.39 is 1.55 Å². The molecule has 0 amide bonds. The first-order valence-electron chi connectivity index (χ1n) is 3.83. The third-order valence-electron chi connectivity index (χ3n) is 1.70. The molecule has 0 aliphatic carbocycles. The van der Waals surface area contributed by atoms with Crippen LogP contribution in [-0.4, -0.2) is 17.5 Å². The van der Waals surface area contributed by atoms with Gasteiger partial charge in [0.05, 0.1) is 0 Å². The van der Waals surface area contributed by atoms with Crippen LogP contribution in [0.3, 0.4) is 0 Å². The molecular weight excluding hydrogens is 519 g/mol. The number of carbonyl (C=O) groups excluding carboxylic acids is 1. The Morgan fingerprint density at radius 2 is 1.79 bits per heavy atom. The highest BCUT2D eigenvalue weighted by atomic mass is 127. The molecule has 0 bridgehead atoms. The van der Waals surface area contributed by atoms with E-state index in [-0.39, 0.29) is 5.78 Å². The van der Waals surface area contributed by atoms with Crippen LogP contribution in [0.5, 0.6) is 0 Å². The maximum absolute atomic E-state index is 12.0. The largest absolute Gasteiger partial charge is 0.290 e. The highest BCUT2D eigenvalue weighted by Gasteiger charge is 2.36. The van der Waals surface area contributed by atoms with Gasteiger partial charge in [0.1, 0.15) is 0 Å². The summed E-state index contributed by atoms with van der Waals surface area (Å²) in [5.74, 6) is 0.121. The third-order valence-corrected chi connectivity index (χ3v) is 6.69. The van der Waals surface area contributed by atoms with Gasteiger partial charge in [0, 0.05) is 28.4 Å². The van der Waals surface area contributed by atoms with Crippen molar-refractivity contribution in [3.63, 3.8) is 0 Å². The summed E-state index contributed by atoms with van der Waals surface area (Å²) < 4.78 is 1.36. The Morgan fingerprint density at radius 1 is 1.29 bits per heavy atom. The van der Waals surface area contributed by atoms with E-state index in [9.17, 15) is 4.79 Å². The lowest BCUT2D eigenvalue weighted by atomic mass is 10.1. The van der Waals surface area contributed by atoms with Crippen molar-refractivity contribution in [2.45, 2.75) is 1.55 Å². The van der Waals surface area contributed by atoms with Gasteiger partial charge in [-0.1, -0.05) is 30.3 Å². The summed E-state index contributed by atoms with van der Waals surface area (Å²) in [7, 11) is 1.89. The van der Waals surface area contributed by atoms with Gasteiger partial charge < -0.3 is 0 Å². The van der Waals surface area contributed by atoms with E-state index in [1.165, 1.54) is 0 Å². The Labute approximate surface area is 125 Å². The van der Waals surface area contributed by atoms with Crippen molar-refractivity contribution in [2.75, 3.05) is 7.05 Å². The van der Waals surface area contributed by atoms with E-state index in [0.29, 0.717) is 0 Å². The fourth-order valence-corrected chi connectivity index (χ4v) is 1.75. The van der Waals surface area contributed by atoms with E-state index in [1.54, 1.807) is 0 Å². The molecule has 0 saturated heterocycles. The molecule has 1 aromatic rings. The van der Waals surface area contributed by atoms with Gasteiger partial charge in [-0.15, -0.1) is 0 Å². The first-order valence-corrected chi connectivity index (χ1v) is 6.95. The van der Waals surface area contributed by atoms with E-state index in [1.807, 2.05) is 40.5 Å². The lowest BCUT2D eigenvalue weighted by Gasteiger charge is -2.24. The van der Waals surface area contributed by atoms with E-state index in [4.69, 9.17) is 0 Å². The van der Waals surface area contributed by atoms with Crippen molar-refractivity contribution in [3.05, 3.63) is 35.9 Å². The van der Waals surface area contributed by atoms with Crippen LogP contribution in [0.4, 0.5) is 0 Å². The highest BCUT2D eigenvalue weighted by Crippen LogP contribution is 2.36. The number of hydrogen-bond donors (Lipinski definition) is 0. The van der Waals surface area contributed by atoms with Gasteiger partial charge in [0.25, 0.3) is 0 Å². The second-order valence-corrected chi connectivity index (χ2v) is 9.35. The lowest BCUT2D eigenvalue weighted by molar-refractivity contribution is 0.0964. The molecule has 0 heterocycles. The van der Waals surface area contributed by atoms with Gasteiger partial charge in [-0.25, -0.2) is 3.11 Å². The number of likely N-dealkylation sites (N-methyl/N-ethyl adjacent to an activating group) is 1. The van der Waals surface area contributed by atoms with Gasteiger partial charge in [-0.2, -0.15) is 0 Å². The average molecular weight is 527 g/mol. The summed E-state index contributed by atoms with van der Waals surface area (Å²) in [6.07, 6.45) is 0. The van der Waals surface area contributed by atoms with Gasteiger partial charge in [-0.3, -0.25) is 4.79 Å². The summed E-state index contributed by atoms with van der Waals surface area (Å²) in [5.41, 5.74) is 0.750. The zero-order chi connectivity index (χ0) is 10.8. The van der Waals surface area contributed by atoms with Gasteiger partial charge in [0.2, 0.25) is 5.78 Å². The van der Waals surface area contributed by atoms with E-state index in [2.05, 4.69) is 68.0 Å².